The summed E-state index contributed by atoms with van der Waals surface area (Å²) in [7, 11) is 0. The lowest BCUT2D eigenvalue weighted by Crippen LogP contribution is -2.38. The molecule has 7 nitrogen and oxygen atoms in total. The highest BCUT2D eigenvalue weighted by atomic mass is 16.6. The summed E-state index contributed by atoms with van der Waals surface area (Å²) in [4.78, 5) is 0. The minimum absolute atomic E-state index is 0.131. The molecule has 0 N–H and O–H groups in total. The maximum atomic E-state index is 5.96. The highest BCUT2D eigenvalue weighted by Gasteiger charge is 2.36. The predicted molar refractivity (Wildman–Crippen MR) is 87.7 cm³/mol. The van der Waals surface area contributed by atoms with Crippen molar-refractivity contribution in [3.8, 4) is 0 Å². The number of ether oxygens (including phenoxy) is 7. The summed E-state index contributed by atoms with van der Waals surface area (Å²) in [5, 5.41) is 0. The highest BCUT2D eigenvalue weighted by molar-refractivity contribution is 4.83. The Morgan fingerprint density at radius 2 is 1.04 bits per heavy atom. The van der Waals surface area contributed by atoms with Crippen molar-refractivity contribution in [2.45, 2.75) is 43.7 Å². The first-order valence-electron chi connectivity index (χ1n) is 9.51. The largest absolute Gasteiger partial charge is 0.378 e. The Bertz CT molecular complexity index is 325. The van der Waals surface area contributed by atoms with Crippen LogP contribution >= 0.6 is 0 Å². The third-order valence-corrected chi connectivity index (χ3v) is 4.98. The Labute approximate surface area is 149 Å². The van der Waals surface area contributed by atoms with E-state index in [0.717, 1.165) is 45.7 Å². The van der Waals surface area contributed by atoms with Gasteiger partial charge in [-0.1, -0.05) is 0 Å². The van der Waals surface area contributed by atoms with E-state index in [2.05, 4.69) is 0 Å². The zero-order valence-electron chi connectivity index (χ0n) is 14.9. The fourth-order valence-electron chi connectivity index (χ4n) is 2.99. The second-order valence-electron chi connectivity index (χ2n) is 7.76. The highest BCUT2D eigenvalue weighted by Crippen LogP contribution is 2.30. The van der Waals surface area contributed by atoms with Crippen LogP contribution in [0.15, 0.2) is 0 Å². The van der Waals surface area contributed by atoms with Crippen LogP contribution in [0.5, 0.6) is 0 Å². The van der Waals surface area contributed by atoms with Gasteiger partial charge in [0.25, 0.3) is 0 Å². The molecular formula is C18H30O7. The zero-order valence-corrected chi connectivity index (χ0v) is 14.9. The Morgan fingerprint density at radius 3 is 1.40 bits per heavy atom. The summed E-state index contributed by atoms with van der Waals surface area (Å²) in [5.41, 5.74) is -0.131. The van der Waals surface area contributed by atoms with Gasteiger partial charge in [0.1, 0.15) is 18.3 Å². The minimum atomic E-state index is -0.131. The predicted octanol–water partition coefficient (Wildman–Crippen LogP) is 0.788. The molecule has 4 fully saturated rings. The molecule has 0 aromatic heterocycles. The Balaban J connectivity index is 1.27. The van der Waals surface area contributed by atoms with Crippen LogP contribution in [0.2, 0.25) is 0 Å². The smallest absolute Gasteiger partial charge is 0.104 e. The van der Waals surface area contributed by atoms with E-state index in [1.54, 1.807) is 0 Å². The topological polar surface area (TPSA) is 77.8 Å². The van der Waals surface area contributed by atoms with E-state index in [9.17, 15) is 0 Å². The van der Waals surface area contributed by atoms with Crippen LogP contribution < -0.4 is 0 Å². The van der Waals surface area contributed by atoms with Crippen molar-refractivity contribution >= 4 is 0 Å². The Morgan fingerprint density at radius 1 is 0.640 bits per heavy atom. The molecule has 7 heteroatoms. The average Bonchev–Trinajstić information content (AvgIpc) is 3.44. The molecule has 0 aliphatic carbocycles. The van der Waals surface area contributed by atoms with E-state index in [-0.39, 0.29) is 23.7 Å². The molecule has 4 heterocycles. The summed E-state index contributed by atoms with van der Waals surface area (Å²) >= 11 is 0. The van der Waals surface area contributed by atoms with Gasteiger partial charge in [-0.25, -0.2) is 0 Å². The summed E-state index contributed by atoms with van der Waals surface area (Å²) in [6.45, 7) is 7.24. The van der Waals surface area contributed by atoms with Crippen molar-refractivity contribution < 1.29 is 33.2 Å². The van der Waals surface area contributed by atoms with E-state index in [0.29, 0.717) is 45.7 Å². The monoisotopic (exact) mass is 358 g/mol. The van der Waals surface area contributed by atoms with Gasteiger partial charge < -0.3 is 33.2 Å². The van der Waals surface area contributed by atoms with Crippen molar-refractivity contribution in [3.63, 3.8) is 0 Å². The van der Waals surface area contributed by atoms with Crippen LogP contribution in [0.4, 0.5) is 0 Å². The quantitative estimate of drug-likeness (QED) is 0.378. The molecule has 4 rings (SSSR count). The summed E-state index contributed by atoms with van der Waals surface area (Å²) in [6, 6.07) is 0. The van der Waals surface area contributed by atoms with Gasteiger partial charge in [-0.3, -0.25) is 0 Å². The normalized spacial score (nSPS) is 34.6. The van der Waals surface area contributed by atoms with Gasteiger partial charge in [0.15, 0.2) is 0 Å². The lowest BCUT2D eigenvalue weighted by atomic mass is 9.84. The number of hydrogen-bond acceptors (Lipinski definition) is 7. The Hall–Kier alpha value is -0.280. The van der Waals surface area contributed by atoms with Crippen LogP contribution in [0.3, 0.4) is 0 Å². The zero-order chi connectivity index (χ0) is 17.0. The molecule has 0 aromatic carbocycles. The summed E-state index contributed by atoms with van der Waals surface area (Å²) < 4.78 is 39.0. The van der Waals surface area contributed by atoms with E-state index in [4.69, 9.17) is 33.2 Å². The molecule has 0 aromatic rings. The molecule has 0 spiro atoms. The van der Waals surface area contributed by atoms with E-state index >= 15 is 0 Å². The number of hydrogen-bond donors (Lipinski definition) is 0. The molecule has 0 saturated carbocycles. The number of epoxide rings is 4. The maximum Gasteiger partial charge on any atom is 0.104 e. The first-order chi connectivity index (χ1) is 12.3. The van der Waals surface area contributed by atoms with E-state index in [1.165, 1.54) is 0 Å². The lowest BCUT2D eigenvalue weighted by molar-refractivity contribution is -0.0794. The molecule has 4 aliphatic rings. The molecule has 0 radical (unpaired) electrons. The second kappa shape index (κ2) is 8.61. The fraction of sp³-hybridized carbons (Fsp3) is 1.00. The SMILES string of the molecule is C(CC1CO1)CC(COCC1CO1)(COCC1CO1)COCC1CO1. The van der Waals surface area contributed by atoms with E-state index in [1.807, 2.05) is 0 Å². The molecule has 25 heavy (non-hydrogen) atoms. The van der Waals surface area contributed by atoms with Crippen molar-refractivity contribution in [1.82, 2.24) is 0 Å². The molecule has 0 amide bonds. The average molecular weight is 358 g/mol. The molecule has 4 aliphatic heterocycles. The van der Waals surface area contributed by atoms with Crippen LogP contribution in [-0.2, 0) is 33.2 Å². The summed E-state index contributed by atoms with van der Waals surface area (Å²) in [6.07, 6.45) is 4.50. The standard InChI is InChI=1S/C18H30O7/c1(2-14-7-22-14)3-18(11-19-4-15-8-23-15,12-20-5-16-9-24-16)13-21-6-17-10-25-17/h14-17H,1-13H2. The molecule has 4 unspecified atom stereocenters. The van der Waals surface area contributed by atoms with Crippen LogP contribution in [-0.4, -0.2) is 90.5 Å². The van der Waals surface area contributed by atoms with Gasteiger partial charge in [0.05, 0.1) is 72.2 Å². The van der Waals surface area contributed by atoms with Crippen LogP contribution in [0.25, 0.3) is 0 Å². The Kier molecular flexibility index (Phi) is 6.23. The third kappa shape index (κ3) is 7.09. The van der Waals surface area contributed by atoms with Gasteiger partial charge in [0, 0.05) is 5.41 Å². The lowest BCUT2D eigenvalue weighted by Gasteiger charge is -2.33. The van der Waals surface area contributed by atoms with Gasteiger partial charge in [-0.15, -0.1) is 0 Å². The molecule has 144 valence electrons. The van der Waals surface area contributed by atoms with Crippen molar-refractivity contribution in [2.24, 2.45) is 5.41 Å². The maximum absolute atomic E-state index is 5.96. The van der Waals surface area contributed by atoms with Crippen molar-refractivity contribution in [3.05, 3.63) is 0 Å². The van der Waals surface area contributed by atoms with Crippen molar-refractivity contribution in [1.29, 1.82) is 0 Å². The second-order valence-corrected chi connectivity index (χ2v) is 7.76. The van der Waals surface area contributed by atoms with Gasteiger partial charge in [-0.05, 0) is 19.3 Å². The van der Waals surface area contributed by atoms with Crippen LogP contribution in [0.1, 0.15) is 19.3 Å². The first kappa shape index (κ1) is 18.1. The molecule has 4 saturated heterocycles. The fourth-order valence-corrected chi connectivity index (χ4v) is 2.99. The van der Waals surface area contributed by atoms with Gasteiger partial charge >= 0.3 is 0 Å². The summed E-state index contributed by atoms with van der Waals surface area (Å²) in [5.74, 6) is 0. The minimum Gasteiger partial charge on any atom is -0.378 e. The molecule has 0 bridgehead atoms. The first-order valence-corrected chi connectivity index (χ1v) is 9.51. The van der Waals surface area contributed by atoms with E-state index < -0.39 is 0 Å². The van der Waals surface area contributed by atoms with Crippen molar-refractivity contribution in [2.75, 3.05) is 66.1 Å². The van der Waals surface area contributed by atoms with Gasteiger partial charge in [0.2, 0.25) is 0 Å². The third-order valence-electron chi connectivity index (χ3n) is 4.98. The number of rotatable bonds is 16. The molecule has 4 atom stereocenters. The van der Waals surface area contributed by atoms with Crippen LogP contribution in [0, 0.1) is 5.41 Å². The van der Waals surface area contributed by atoms with Gasteiger partial charge in [-0.2, -0.15) is 0 Å². The molecular weight excluding hydrogens is 328 g/mol.